The average molecular weight is 298 g/mol. The summed E-state index contributed by atoms with van der Waals surface area (Å²) < 4.78 is 1.10. The van der Waals surface area contributed by atoms with E-state index in [4.69, 9.17) is 0 Å². The van der Waals surface area contributed by atoms with Crippen LogP contribution in [0, 0.1) is 0 Å². The van der Waals surface area contributed by atoms with E-state index in [0.717, 1.165) is 30.7 Å². The fourth-order valence-electron chi connectivity index (χ4n) is 2.62. The molecule has 1 aliphatic heterocycles. The minimum Gasteiger partial charge on any atom is -0.369 e. The van der Waals surface area contributed by atoms with Crippen LogP contribution in [0.2, 0.25) is 0 Å². The van der Waals surface area contributed by atoms with E-state index in [0.29, 0.717) is 6.04 Å². The molecule has 1 saturated heterocycles. The maximum atomic E-state index is 4.12. The predicted molar refractivity (Wildman–Crippen MR) is 75.5 cm³/mol. The molecule has 1 aliphatic rings. The number of aromatic nitrogens is 1. The molecule has 1 aromatic rings. The van der Waals surface area contributed by atoms with Crippen LogP contribution in [0.15, 0.2) is 22.9 Å². The van der Waals surface area contributed by atoms with Crippen molar-refractivity contribution in [1.29, 1.82) is 0 Å². The van der Waals surface area contributed by atoms with E-state index in [1.165, 1.54) is 12.1 Å². The van der Waals surface area contributed by atoms with E-state index in [1.807, 2.05) is 12.4 Å². The Kier molecular flexibility index (Phi) is 4.40. The molecular formula is C13H20BrN3. The van der Waals surface area contributed by atoms with Crippen LogP contribution in [-0.2, 0) is 0 Å². The number of halogens is 1. The second-order valence-corrected chi connectivity index (χ2v) is 5.29. The topological polar surface area (TPSA) is 19.4 Å². The maximum absolute atomic E-state index is 4.12. The lowest BCUT2D eigenvalue weighted by Crippen LogP contribution is -2.37. The Morgan fingerprint density at radius 2 is 2.24 bits per heavy atom. The standard InChI is InChI=1S/C13H20BrN3/c1-3-16(4-2)11-6-8-17(10-11)13-5-7-15-9-12(13)14/h5,7,9,11H,3-4,6,8,10H2,1-2H3. The molecule has 0 saturated carbocycles. The highest BCUT2D eigenvalue weighted by Crippen LogP contribution is 2.29. The Bertz CT molecular complexity index is 365. The summed E-state index contributed by atoms with van der Waals surface area (Å²) in [5.74, 6) is 0. The third-order valence-electron chi connectivity index (χ3n) is 3.58. The van der Waals surface area contributed by atoms with Gasteiger partial charge >= 0.3 is 0 Å². The average Bonchev–Trinajstić information content (AvgIpc) is 2.81. The van der Waals surface area contributed by atoms with Crippen molar-refractivity contribution in [2.24, 2.45) is 0 Å². The molecule has 1 aromatic heterocycles. The van der Waals surface area contributed by atoms with Gasteiger partial charge in [0, 0.05) is 31.5 Å². The third-order valence-corrected chi connectivity index (χ3v) is 4.19. The molecule has 94 valence electrons. The number of hydrogen-bond donors (Lipinski definition) is 0. The van der Waals surface area contributed by atoms with Gasteiger partial charge in [-0.1, -0.05) is 13.8 Å². The van der Waals surface area contributed by atoms with E-state index < -0.39 is 0 Å². The van der Waals surface area contributed by atoms with Crippen molar-refractivity contribution in [2.75, 3.05) is 31.1 Å². The molecule has 0 N–H and O–H groups in total. The van der Waals surface area contributed by atoms with Crippen LogP contribution in [0.1, 0.15) is 20.3 Å². The molecule has 2 rings (SSSR count). The molecule has 1 unspecified atom stereocenters. The van der Waals surface area contributed by atoms with E-state index in [2.05, 4.69) is 50.6 Å². The summed E-state index contributed by atoms with van der Waals surface area (Å²) in [6.07, 6.45) is 5.00. The van der Waals surface area contributed by atoms with Crippen LogP contribution in [0.3, 0.4) is 0 Å². The zero-order valence-corrected chi connectivity index (χ0v) is 12.2. The van der Waals surface area contributed by atoms with E-state index in [9.17, 15) is 0 Å². The van der Waals surface area contributed by atoms with Gasteiger partial charge in [0.25, 0.3) is 0 Å². The summed E-state index contributed by atoms with van der Waals surface area (Å²) in [7, 11) is 0. The SMILES string of the molecule is CCN(CC)C1CCN(c2ccncc2Br)C1. The van der Waals surface area contributed by atoms with Gasteiger partial charge < -0.3 is 4.90 Å². The molecule has 1 fully saturated rings. The minimum absolute atomic E-state index is 0.699. The lowest BCUT2D eigenvalue weighted by molar-refractivity contribution is 0.232. The summed E-state index contributed by atoms with van der Waals surface area (Å²) >= 11 is 3.58. The molecule has 0 spiro atoms. The zero-order valence-electron chi connectivity index (χ0n) is 10.6. The van der Waals surface area contributed by atoms with Gasteiger partial charge in [0.2, 0.25) is 0 Å². The monoisotopic (exact) mass is 297 g/mol. The van der Waals surface area contributed by atoms with Gasteiger partial charge in [-0.15, -0.1) is 0 Å². The molecular weight excluding hydrogens is 278 g/mol. The first-order valence-corrected chi connectivity index (χ1v) is 7.14. The Morgan fingerprint density at radius 1 is 1.47 bits per heavy atom. The van der Waals surface area contributed by atoms with E-state index in [-0.39, 0.29) is 0 Å². The third kappa shape index (κ3) is 2.80. The normalized spacial score (nSPS) is 20.2. The molecule has 4 heteroatoms. The second kappa shape index (κ2) is 5.83. The molecule has 0 bridgehead atoms. The Labute approximate surface area is 112 Å². The van der Waals surface area contributed by atoms with Gasteiger partial charge in [0.1, 0.15) is 0 Å². The second-order valence-electron chi connectivity index (χ2n) is 4.44. The van der Waals surface area contributed by atoms with E-state index >= 15 is 0 Å². The lowest BCUT2D eigenvalue weighted by Gasteiger charge is -2.26. The number of anilines is 1. The predicted octanol–water partition coefficient (Wildman–Crippen LogP) is 2.76. The number of hydrogen-bond acceptors (Lipinski definition) is 3. The van der Waals surface area contributed by atoms with Crippen molar-refractivity contribution in [3.63, 3.8) is 0 Å². The van der Waals surface area contributed by atoms with Crippen LogP contribution in [0.4, 0.5) is 5.69 Å². The van der Waals surface area contributed by atoms with Gasteiger partial charge in [0.05, 0.1) is 10.2 Å². The Morgan fingerprint density at radius 3 is 2.88 bits per heavy atom. The van der Waals surface area contributed by atoms with Crippen molar-refractivity contribution in [3.05, 3.63) is 22.9 Å². The number of rotatable bonds is 4. The first-order chi connectivity index (χ1) is 8.26. The van der Waals surface area contributed by atoms with Crippen LogP contribution >= 0.6 is 15.9 Å². The maximum Gasteiger partial charge on any atom is 0.0592 e. The fraction of sp³-hybridized carbons (Fsp3) is 0.615. The zero-order chi connectivity index (χ0) is 12.3. The van der Waals surface area contributed by atoms with Gasteiger partial charge in [-0.3, -0.25) is 9.88 Å². The van der Waals surface area contributed by atoms with E-state index in [1.54, 1.807) is 0 Å². The van der Waals surface area contributed by atoms with Crippen LogP contribution in [0.5, 0.6) is 0 Å². The lowest BCUT2D eigenvalue weighted by atomic mass is 10.2. The first kappa shape index (κ1) is 12.8. The minimum atomic E-state index is 0.699. The molecule has 3 nitrogen and oxygen atoms in total. The molecule has 0 aromatic carbocycles. The largest absolute Gasteiger partial charge is 0.369 e. The van der Waals surface area contributed by atoms with Crippen molar-refractivity contribution in [1.82, 2.24) is 9.88 Å². The van der Waals surface area contributed by atoms with Crippen molar-refractivity contribution in [2.45, 2.75) is 26.3 Å². The highest BCUT2D eigenvalue weighted by molar-refractivity contribution is 9.10. The molecule has 0 aliphatic carbocycles. The summed E-state index contributed by atoms with van der Waals surface area (Å²) in [6, 6.07) is 2.79. The van der Waals surface area contributed by atoms with Gasteiger partial charge in [-0.2, -0.15) is 0 Å². The van der Waals surface area contributed by atoms with Gasteiger partial charge in [0.15, 0.2) is 0 Å². The quantitative estimate of drug-likeness (QED) is 0.852. The van der Waals surface area contributed by atoms with Crippen LogP contribution in [0.25, 0.3) is 0 Å². The van der Waals surface area contributed by atoms with Gasteiger partial charge in [-0.05, 0) is 41.5 Å². The Hall–Kier alpha value is -0.610. The summed E-state index contributed by atoms with van der Waals surface area (Å²) in [6.45, 7) is 9.05. The first-order valence-electron chi connectivity index (χ1n) is 6.34. The van der Waals surface area contributed by atoms with Crippen LogP contribution in [-0.4, -0.2) is 42.1 Å². The number of pyridine rings is 1. The van der Waals surface area contributed by atoms with Crippen molar-refractivity contribution in [3.8, 4) is 0 Å². The number of nitrogens with zero attached hydrogens (tertiary/aromatic N) is 3. The summed E-state index contributed by atoms with van der Waals surface area (Å²) in [4.78, 5) is 9.12. The smallest absolute Gasteiger partial charge is 0.0592 e. The highest BCUT2D eigenvalue weighted by Gasteiger charge is 2.26. The summed E-state index contributed by atoms with van der Waals surface area (Å²) in [5.41, 5.74) is 1.27. The van der Waals surface area contributed by atoms with Gasteiger partial charge in [-0.25, -0.2) is 0 Å². The molecule has 0 amide bonds. The fourth-order valence-corrected chi connectivity index (χ4v) is 3.12. The van der Waals surface area contributed by atoms with Crippen LogP contribution < -0.4 is 4.90 Å². The van der Waals surface area contributed by atoms with Crippen molar-refractivity contribution < 1.29 is 0 Å². The number of likely N-dealkylation sites (N-methyl/N-ethyl adjacent to an activating group) is 1. The molecule has 17 heavy (non-hydrogen) atoms. The molecule has 2 heterocycles. The Balaban J connectivity index is 2.05. The molecule has 1 atom stereocenters. The van der Waals surface area contributed by atoms with Crippen molar-refractivity contribution >= 4 is 21.6 Å². The highest BCUT2D eigenvalue weighted by atomic mass is 79.9. The molecule has 0 radical (unpaired) electrons. The summed E-state index contributed by atoms with van der Waals surface area (Å²) in [5, 5.41) is 0.